The van der Waals surface area contributed by atoms with Crippen LogP contribution in [0.3, 0.4) is 0 Å². The van der Waals surface area contributed by atoms with Crippen LogP contribution >= 0.6 is 0 Å². The smallest absolute Gasteiger partial charge is 0.317 e. The fourth-order valence-electron chi connectivity index (χ4n) is 5.52. The van der Waals surface area contributed by atoms with Crippen molar-refractivity contribution in [3.8, 4) is 0 Å². The highest BCUT2D eigenvalue weighted by Gasteiger charge is 2.49. The van der Waals surface area contributed by atoms with Crippen molar-refractivity contribution in [3.05, 3.63) is 35.9 Å². The lowest BCUT2D eigenvalue weighted by molar-refractivity contribution is -0.138. The molecule has 0 aromatic heterocycles. The number of rotatable bonds is 8. The molecular formula is C22H31N3O2. The van der Waals surface area contributed by atoms with Crippen LogP contribution in [0.4, 0.5) is 0 Å². The molecule has 2 aliphatic heterocycles. The van der Waals surface area contributed by atoms with Crippen molar-refractivity contribution in [3.63, 3.8) is 0 Å². The number of nitrogens with one attached hydrogen (secondary N) is 1. The molecule has 5 nitrogen and oxygen atoms in total. The lowest BCUT2D eigenvalue weighted by Gasteiger charge is -2.25. The molecule has 0 amide bonds. The second-order valence-electron chi connectivity index (χ2n) is 9.54. The third-order valence-corrected chi connectivity index (χ3v) is 7.27. The molecule has 0 radical (unpaired) electrons. The zero-order chi connectivity index (χ0) is 18.4. The van der Waals surface area contributed by atoms with Gasteiger partial charge in [-0.05, 0) is 42.1 Å². The molecule has 4 atom stereocenters. The highest BCUT2D eigenvalue weighted by atomic mass is 16.4. The Kier molecular flexibility index (Phi) is 4.49. The molecule has 5 rings (SSSR count). The van der Waals surface area contributed by atoms with E-state index in [-0.39, 0.29) is 6.54 Å². The summed E-state index contributed by atoms with van der Waals surface area (Å²) in [6.07, 6.45) is 4.01. The number of fused-ring (bicyclic) bond motifs is 1. The highest BCUT2D eigenvalue weighted by molar-refractivity contribution is 5.69. The standard InChI is InChI=1S/C22H31N3O2/c26-21(27)13-24-9-17-11-25(12-18(17)10-24)15-22(6-7-22)14-23-20-8-19(20)16-4-2-1-3-5-16/h1-5,17-20,23H,6-15H2,(H,26,27). The van der Waals surface area contributed by atoms with E-state index in [0.717, 1.165) is 19.6 Å². The summed E-state index contributed by atoms with van der Waals surface area (Å²) in [4.78, 5) is 15.7. The van der Waals surface area contributed by atoms with Gasteiger partial charge >= 0.3 is 5.97 Å². The van der Waals surface area contributed by atoms with Gasteiger partial charge in [0.15, 0.2) is 0 Å². The molecule has 27 heavy (non-hydrogen) atoms. The third kappa shape index (κ3) is 3.91. The van der Waals surface area contributed by atoms with E-state index in [1.54, 1.807) is 0 Å². The normalized spacial score (nSPS) is 34.5. The van der Waals surface area contributed by atoms with Gasteiger partial charge in [-0.25, -0.2) is 0 Å². The Hall–Kier alpha value is -1.43. The first-order chi connectivity index (χ1) is 13.1. The fourth-order valence-corrected chi connectivity index (χ4v) is 5.52. The molecule has 2 saturated carbocycles. The molecule has 1 aromatic carbocycles. The highest BCUT2D eigenvalue weighted by Crippen LogP contribution is 2.48. The molecule has 4 fully saturated rings. The Labute approximate surface area is 161 Å². The molecule has 146 valence electrons. The SMILES string of the molecule is O=C(O)CN1CC2CN(CC3(CNC4CC4c4ccccc4)CC3)CC2C1. The van der Waals surface area contributed by atoms with Crippen molar-refractivity contribution in [2.24, 2.45) is 17.3 Å². The van der Waals surface area contributed by atoms with Gasteiger partial charge in [0.1, 0.15) is 0 Å². The lowest BCUT2D eigenvalue weighted by Crippen LogP contribution is -2.38. The van der Waals surface area contributed by atoms with Crippen molar-refractivity contribution in [1.29, 1.82) is 0 Å². The van der Waals surface area contributed by atoms with Crippen LogP contribution in [0.5, 0.6) is 0 Å². The van der Waals surface area contributed by atoms with Gasteiger partial charge in [0.25, 0.3) is 0 Å². The van der Waals surface area contributed by atoms with Crippen molar-refractivity contribution in [2.75, 3.05) is 45.8 Å². The van der Waals surface area contributed by atoms with Crippen LogP contribution in [0.25, 0.3) is 0 Å². The average Bonchev–Trinajstić information content (AvgIpc) is 3.50. The molecule has 5 heteroatoms. The zero-order valence-electron chi connectivity index (χ0n) is 16.0. The van der Waals surface area contributed by atoms with E-state index in [9.17, 15) is 4.79 Å². The first-order valence-corrected chi connectivity index (χ1v) is 10.6. The van der Waals surface area contributed by atoms with Crippen LogP contribution in [-0.2, 0) is 4.79 Å². The van der Waals surface area contributed by atoms with Crippen LogP contribution in [0, 0.1) is 17.3 Å². The number of nitrogens with zero attached hydrogens (tertiary/aromatic N) is 2. The van der Waals surface area contributed by atoms with Gasteiger partial charge in [-0.3, -0.25) is 9.69 Å². The van der Waals surface area contributed by atoms with Crippen LogP contribution in [0.15, 0.2) is 30.3 Å². The van der Waals surface area contributed by atoms with Gasteiger partial charge in [0.2, 0.25) is 0 Å². The topological polar surface area (TPSA) is 55.8 Å². The van der Waals surface area contributed by atoms with E-state index in [4.69, 9.17) is 5.11 Å². The van der Waals surface area contributed by atoms with Crippen molar-refractivity contribution >= 4 is 5.97 Å². The predicted molar refractivity (Wildman–Crippen MR) is 105 cm³/mol. The summed E-state index contributed by atoms with van der Waals surface area (Å²) in [5, 5.41) is 12.9. The number of carbonyl (C=O) groups is 1. The van der Waals surface area contributed by atoms with E-state index < -0.39 is 5.97 Å². The van der Waals surface area contributed by atoms with E-state index in [1.165, 1.54) is 44.5 Å². The van der Waals surface area contributed by atoms with Gasteiger partial charge in [0.05, 0.1) is 6.54 Å². The number of carboxylic acids is 1. The van der Waals surface area contributed by atoms with Gasteiger partial charge in [-0.1, -0.05) is 30.3 Å². The molecule has 2 heterocycles. The van der Waals surface area contributed by atoms with Gasteiger partial charge in [-0.15, -0.1) is 0 Å². The maximum atomic E-state index is 10.9. The minimum atomic E-state index is -0.691. The van der Waals surface area contributed by atoms with Crippen LogP contribution in [0.1, 0.15) is 30.7 Å². The summed E-state index contributed by atoms with van der Waals surface area (Å²) in [5.41, 5.74) is 1.99. The number of likely N-dealkylation sites (tertiary alicyclic amines) is 2. The average molecular weight is 370 g/mol. The number of carboxylic acid groups (broad SMARTS) is 1. The van der Waals surface area contributed by atoms with Gasteiger partial charge in [-0.2, -0.15) is 0 Å². The molecule has 2 saturated heterocycles. The van der Waals surface area contributed by atoms with Crippen LogP contribution in [0.2, 0.25) is 0 Å². The van der Waals surface area contributed by atoms with E-state index in [2.05, 4.69) is 45.4 Å². The Balaban J connectivity index is 1.07. The largest absolute Gasteiger partial charge is 0.480 e. The Bertz CT molecular complexity index is 676. The second kappa shape index (κ2) is 6.87. The molecule has 0 bridgehead atoms. The maximum absolute atomic E-state index is 10.9. The monoisotopic (exact) mass is 369 g/mol. The minimum absolute atomic E-state index is 0.213. The summed E-state index contributed by atoms with van der Waals surface area (Å²) in [6.45, 7) is 6.88. The minimum Gasteiger partial charge on any atom is -0.480 e. The molecule has 2 N–H and O–H groups in total. The molecule has 4 unspecified atom stereocenters. The maximum Gasteiger partial charge on any atom is 0.317 e. The number of benzene rings is 1. The van der Waals surface area contributed by atoms with Gasteiger partial charge < -0.3 is 15.3 Å². The summed E-state index contributed by atoms with van der Waals surface area (Å²) in [5.74, 6) is 1.38. The third-order valence-electron chi connectivity index (χ3n) is 7.27. The molecular weight excluding hydrogens is 338 g/mol. The molecule has 0 spiro atoms. The Morgan fingerprint density at radius 2 is 1.74 bits per heavy atom. The van der Waals surface area contributed by atoms with E-state index >= 15 is 0 Å². The molecule has 1 aromatic rings. The van der Waals surface area contributed by atoms with Crippen LogP contribution in [-0.4, -0.2) is 72.7 Å². The summed E-state index contributed by atoms with van der Waals surface area (Å²) >= 11 is 0. The number of aliphatic carboxylic acids is 1. The van der Waals surface area contributed by atoms with Crippen LogP contribution < -0.4 is 5.32 Å². The van der Waals surface area contributed by atoms with Crippen molar-refractivity contribution in [1.82, 2.24) is 15.1 Å². The lowest BCUT2D eigenvalue weighted by atomic mass is 10.0. The zero-order valence-corrected chi connectivity index (χ0v) is 16.0. The van der Waals surface area contributed by atoms with Crippen molar-refractivity contribution in [2.45, 2.75) is 31.2 Å². The number of hydrogen-bond donors (Lipinski definition) is 2. The number of hydrogen-bond acceptors (Lipinski definition) is 4. The predicted octanol–water partition coefficient (Wildman–Crippen LogP) is 1.86. The summed E-state index contributed by atoms with van der Waals surface area (Å²) in [6, 6.07) is 11.6. The van der Waals surface area contributed by atoms with E-state index in [0.29, 0.717) is 29.2 Å². The first kappa shape index (κ1) is 17.7. The Morgan fingerprint density at radius 1 is 1.07 bits per heavy atom. The molecule has 2 aliphatic carbocycles. The van der Waals surface area contributed by atoms with Crippen molar-refractivity contribution < 1.29 is 9.90 Å². The quantitative estimate of drug-likeness (QED) is 0.733. The summed E-state index contributed by atoms with van der Waals surface area (Å²) < 4.78 is 0. The Morgan fingerprint density at radius 3 is 2.37 bits per heavy atom. The first-order valence-electron chi connectivity index (χ1n) is 10.6. The summed E-state index contributed by atoms with van der Waals surface area (Å²) in [7, 11) is 0. The molecule has 4 aliphatic rings. The van der Waals surface area contributed by atoms with E-state index in [1.807, 2.05) is 0 Å². The second-order valence-corrected chi connectivity index (χ2v) is 9.54. The fraction of sp³-hybridized carbons (Fsp3) is 0.682. The van der Waals surface area contributed by atoms with Gasteiger partial charge in [0, 0.05) is 51.2 Å².